The topological polar surface area (TPSA) is 29.5 Å². The van der Waals surface area contributed by atoms with Crippen molar-refractivity contribution in [3.8, 4) is 15.6 Å². The molecule has 0 amide bonds. The highest BCUT2D eigenvalue weighted by Crippen LogP contribution is 2.64. The molecule has 1 aromatic rings. The number of ether oxygens (including phenoxy) is 1. The molecular weight excluding hydrogens is 411 g/mol. The molecule has 5 atom stereocenters. The van der Waals surface area contributed by atoms with Gasteiger partial charge in [-0.15, -0.1) is 0 Å². The Hall–Kier alpha value is -0.730. The highest BCUT2D eigenvalue weighted by Gasteiger charge is 2.61. The highest BCUT2D eigenvalue weighted by molar-refractivity contribution is 14.1. The van der Waals surface area contributed by atoms with Crippen molar-refractivity contribution in [2.45, 2.75) is 57.0 Å². The third-order valence-corrected chi connectivity index (χ3v) is 7.61. The third-order valence-electron chi connectivity index (χ3n) is 7.34. The first-order valence-electron chi connectivity index (χ1n) is 9.04. The fourth-order valence-electron chi connectivity index (χ4n) is 5.99. The lowest BCUT2D eigenvalue weighted by atomic mass is 9.53. The molecule has 0 bridgehead atoms. The molecule has 3 heteroatoms. The second kappa shape index (κ2) is 5.92. The first-order valence-corrected chi connectivity index (χ1v) is 10.1. The van der Waals surface area contributed by atoms with Crippen LogP contribution in [0.1, 0.15) is 56.1 Å². The van der Waals surface area contributed by atoms with E-state index in [0.717, 1.165) is 31.4 Å². The molecule has 1 aromatic carbocycles. The molecule has 0 saturated heterocycles. The summed E-state index contributed by atoms with van der Waals surface area (Å²) in [5.74, 6) is 6.07. The molecule has 0 unspecified atom stereocenters. The normalized spacial score (nSPS) is 39.9. The van der Waals surface area contributed by atoms with E-state index in [2.05, 4.69) is 57.6 Å². The molecule has 3 aliphatic carbocycles. The Bertz CT molecular complexity index is 718. The average Bonchev–Trinajstić information content (AvgIpc) is 2.86. The maximum atomic E-state index is 11.2. The van der Waals surface area contributed by atoms with Gasteiger partial charge in [0.25, 0.3) is 0 Å². The van der Waals surface area contributed by atoms with E-state index >= 15 is 0 Å². The minimum absolute atomic E-state index is 0.0453. The van der Waals surface area contributed by atoms with Crippen molar-refractivity contribution >= 4 is 22.6 Å². The van der Waals surface area contributed by atoms with E-state index in [1.807, 2.05) is 0 Å². The summed E-state index contributed by atoms with van der Waals surface area (Å²) in [5, 5.41) is 11.2. The van der Waals surface area contributed by atoms with Crippen LogP contribution in [0.3, 0.4) is 0 Å². The lowest BCUT2D eigenvalue weighted by Crippen LogP contribution is -2.50. The van der Waals surface area contributed by atoms with Crippen LogP contribution in [0.2, 0.25) is 0 Å². The zero-order valence-electron chi connectivity index (χ0n) is 14.4. The lowest BCUT2D eigenvalue weighted by molar-refractivity contribution is -0.0647. The number of fused-ring (bicyclic) bond motifs is 5. The molecule has 4 rings (SSSR count). The molecular formula is C21H25IO2. The molecule has 0 spiro atoms. The van der Waals surface area contributed by atoms with Gasteiger partial charge in [0.05, 0.1) is 7.11 Å². The summed E-state index contributed by atoms with van der Waals surface area (Å²) in [4.78, 5) is 0. The van der Waals surface area contributed by atoms with Gasteiger partial charge in [0.1, 0.15) is 11.4 Å². The second-order valence-electron chi connectivity index (χ2n) is 8.05. The number of methoxy groups -OCH3 is 1. The number of benzene rings is 1. The first kappa shape index (κ1) is 16.7. The summed E-state index contributed by atoms with van der Waals surface area (Å²) < 4.78 is 8.37. The van der Waals surface area contributed by atoms with Crippen molar-refractivity contribution < 1.29 is 9.84 Å². The summed E-state index contributed by atoms with van der Waals surface area (Å²) in [5.41, 5.74) is 2.17. The van der Waals surface area contributed by atoms with Gasteiger partial charge >= 0.3 is 0 Å². The molecule has 24 heavy (non-hydrogen) atoms. The summed E-state index contributed by atoms with van der Waals surface area (Å²) in [6, 6.07) is 6.63. The van der Waals surface area contributed by atoms with Crippen LogP contribution in [0.4, 0.5) is 0 Å². The fourth-order valence-corrected chi connectivity index (χ4v) is 6.43. The van der Waals surface area contributed by atoms with Gasteiger partial charge in [-0.3, -0.25) is 0 Å². The number of aryl methyl sites for hydroxylation is 1. The zero-order valence-corrected chi connectivity index (χ0v) is 16.6. The summed E-state index contributed by atoms with van der Waals surface area (Å²) >= 11 is 2.07. The maximum absolute atomic E-state index is 11.2. The molecule has 0 aliphatic heterocycles. The minimum atomic E-state index is -0.788. The third kappa shape index (κ3) is 2.25. The Balaban J connectivity index is 1.69. The Morgan fingerprint density at radius 3 is 2.83 bits per heavy atom. The molecule has 1 N–H and O–H groups in total. The largest absolute Gasteiger partial charge is 0.497 e. The molecule has 0 aromatic heterocycles. The maximum Gasteiger partial charge on any atom is 0.131 e. The van der Waals surface area contributed by atoms with Gasteiger partial charge in [0, 0.05) is 28.0 Å². The number of hydrogen-bond acceptors (Lipinski definition) is 2. The van der Waals surface area contributed by atoms with Crippen LogP contribution in [-0.2, 0) is 6.42 Å². The summed E-state index contributed by atoms with van der Waals surface area (Å²) in [7, 11) is 1.74. The van der Waals surface area contributed by atoms with Crippen LogP contribution in [-0.4, -0.2) is 17.8 Å². The second-order valence-corrected chi connectivity index (χ2v) is 8.59. The van der Waals surface area contributed by atoms with Crippen LogP contribution in [0, 0.1) is 27.1 Å². The van der Waals surface area contributed by atoms with Crippen LogP contribution in [0.5, 0.6) is 5.75 Å². The number of aliphatic hydroxyl groups is 1. The number of hydrogen-bond donors (Lipinski definition) is 1. The van der Waals surface area contributed by atoms with E-state index in [1.165, 1.54) is 24.0 Å². The van der Waals surface area contributed by atoms with E-state index in [-0.39, 0.29) is 5.41 Å². The van der Waals surface area contributed by atoms with Crippen LogP contribution < -0.4 is 4.74 Å². The predicted molar refractivity (Wildman–Crippen MR) is 104 cm³/mol. The molecule has 3 aliphatic rings. The quantitative estimate of drug-likeness (QED) is 0.512. The molecule has 2 nitrogen and oxygen atoms in total. The lowest BCUT2D eigenvalue weighted by Gasteiger charge is -2.52. The first-order chi connectivity index (χ1) is 11.5. The van der Waals surface area contributed by atoms with Gasteiger partial charge in [-0.2, -0.15) is 0 Å². The summed E-state index contributed by atoms with van der Waals surface area (Å²) in [6.07, 6.45) is 6.57. The van der Waals surface area contributed by atoms with Crippen LogP contribution in [0.25, 0.3) is 0 Å². The van der Waals surface area contributed by atoms with E-state index in [4.69, 9.17) is 4.74 Å². The Morgan fingerprint density at radius 2 is 2.08 bits per heavy atom. The van der Waals surface area contributed by atoms with E-state index in [1.54, 1.807) is 7.11 Å². The van der Waals surface area contributed by atoms with Crippen molar-refractivity contribution in [3.05, 3.63) is 29.3 Å². The Morgan fingerprint density at radius 1 is 1.25 bits per heavy atom. The van der Waals surface area contributed by atoms with Crippen molar-refractivity contribution in [2.24, 2.45) is 17.3 Å². The van der Waals surface area contributed by atoms with Crippen molar-refractivity contribution in [1.82, 2.24) is 0 Å². The Labute approximate surface area is 158 Å². The SMILES string of the molecule is COc1ccc2c(c1)CC[C@@H]1[C@@H]2CC[C@@]2(C)[C@H]1CC[C@@]2(O)C#CI. The van der Waals surface area contributed by atoms with Crippen molar-refractivity contribution in [3.63, 3.8) is 0 Å². The predicted octanol–water partition coefficient (Wildman–Crippen LogP) is 4.68. The van der Waals surface area contributed by atoms with Crippen molar-refractivity contribution in [2.75, 3.05) is 7.11 Å². The number of rotatable bonds is 1. The van der Waals surface area contributed by atoms with Gasteiger partial charge in [0.2, 0.25) is 0 Å². The Kier molecular flexibility index (Phi) is 4.12. The minimum Gasteiger partial charge on any atom is -0.497 e. The molecule has 0 radical (unpaired) electrons. The average molecular weight is 436 g/mol. The highest BCUT2D eigenvalue weighted by atomic mass is 127. The van der Waals surface area contributed by atoms with Gasteiger partial charge < -0.3 is 9.84 Å². The number of halogens is 1. The fraction of sp³-hybridized carbons (Fsp3) is 0.619. The standard InChI is InChI=1S/C21H25IO2/c1-20-9-7-17-16-6-4-15(24-2)13-14(16)3-5-18(17)19(20)8-10-21(20,23)11-12-22/h4,6,13,17-19,23H,3,5,7-10H2,1-2H3/t17-,18-,19+,20+,21-/m1/s1. The van der Waals surface area contributed by atoms with E-state index in [9.17, 15) is 5.11 Å². The van der Waals surface area contributed by atoms with E-state index < -0.39 is 5.60 Å². The van der Waals surface area contributed by atoms with Crippen LogP contribution >= 0.6 is 22.6 Å². The molecule has 2 saturated carbocycles. The summed E-state index contributed by atoms with van der Waals surface area (Å²) in [6.45, 7) is 2.30. The van der Waals surface area contributed by atoms with E-state index in [0.29, 0.717) is 17.8 Å². The van der Waals surface area contributed by atoms with Gasteiger partial charge in [0.15, 0.2) is 0 Å². The van der Waals surface area contributed by atoms with Gasteiger partial charge in [-0.25, -0.2) is 0 Å². The van der Waals surface area contributed by atoms with Gasteiger partial charge in [-0.1, -0.05) is 18.9 Å². The van der Waals surface area contributed by atoms with Crippen LogP contribution in [0.15, 0.2) is 18.2 Å². The monoisotopic (exact) mass is 436 g/mol. The smallest absolute Gasteiger partial charge is 0.131 e. The zero-order chi connectivity index (χ0) is 16.9. The van der Waals surface area contributed by atoms with Crippen molar-refractivity contribution in [1.29, 1.82) is 0 Å². The molecule has 128 valence electrons. The molecule has 2 fully saturated rings. The molecule has 0 heterocycles. The van der Waals surface area contributed by atoms with Gasteiger partial charge in [-0.05, 0) is 83.5 Å².